The Kier molecular flexibility index (Phi) is 3.78. The van der Waals surface area contributed by atoms with E-state index in [1.807, 2.05) is 0 Å². The van der Waals surface area contributed by atoms with Crippen LogP contribution >= 0.6 is 0 Å². The van der Waals surface area contributed by atoms with E-state index < -0.39 is 24.4 Å². The predicted octanol–water partition coefficient (Wildman–Crippen LogP) is -1.99. The van der Waals surface area contributed by atoms with E-state index in [0.717, 1.165) is 0 Å². The molecule has 0 aromatic carbocycles. The van der Waals surface area contributed by atoms with Crippen LogP contribution in [-0.2, 0) is 9.47 Å². The number of aliphatic hydroxyl groups is 4. The van der Waals surface area contributed by atoms with Gasteiger partial charge in [0.05, 0.1) is 37.6 Å². The average molecular weight is 234 g/mol. The molecular weight excluding hydrogens is 216 g/mol. The van der Waals surface area contributed by atoms with Crippen molar-refractivity contribution in [2.24, 2.45) is 0 Å². The van der Waals surface area contributed by atoms with E-state index in [9.17, 15) is 10.2 Å². The van der Waals surface area contributed by atoms with Gasteiger partial charge in [0.25, 0.3) is 0 Å². The van der Waals surface area contributed by atoms with Crippen LogP contribution in [-0.4, -0.2) is 70.3 Å². The molecule has 2 heterocycles. The first-order chi connectivity index (χ1) is 7.65. The molecular formula is C10H18O6. The van der Waals surface area contributed by atoms with Gasteiger partial charge < -0.3 is 29.9 Å². The minimum absolute atomic E-state index is 0.155. The molecule has 6 nitrogen and oxygen atoms in total. The Morgan fingerprint density at radius 2 is 1.25 bits per heavy atom. The quantitative estimate of drug-likeness (QED) is 0.449. The lowest BCUT2D eigenvalue weighted by atomic mass is 10.1. The van der Waals surface area contributed by atoms with Gasteiger partial charge in [-0.3, -0.25) is 0 Å². The summed E-state index contributed by atoms with van der Waals surface area (Å²) in [7, 11) is 0. The largest absolute Gasteiger partial charge is 0.394 e. The molecule has 2 aliphatic heterocycles. The van der Waals surface area contributed by atoms with Crippen molar-refractivity contribution >= 4 is 0 Å². The number of fused-ring (bicyclic) bond motifs is 1. The summed E-state index contributed by atoms with van der Waals surface area (Å²) in [6.45, 7) is -0.653. The zero-order chi connectivity index (χ0) is 11.7. The lowest BCUT2D eigenvalue weighted by Gasteiger charge is -2.20. The van der Waals surface area contributed by atoms with Gasteiger partial charge >= 0.3 is 0 Å². The molecule has 0 aromatic heterocycles. The molecule has 16 heavy (non-hydrogen) atoms. The molecule has 0 aromatic rings. The first kappa shape index (κ1) is 12.2. The number of hydrogen-bond donors (Lipinski definition) is 4. The average Bonchev–Trinajstić information content (AvgIpc) is 2.84. The fourth-order valence-corrected chi connectivity index (χ4v) is 2.34. The highest BCUT2D eigenvalue weighted by molar-refractivity contribution is 4.94. The first-order valence-electron chi connectivity index (χ1n) is 5.54. The highest BCUT2D eigenvalue weighted by atomic mass is 16.6. The highest BCUT2D eigenvalue weighted by Crippen LogP contribution is 2.36. The standard InChI is InChI=1S/C10H18O6/c11-3-5(13)7-1-9-10(15-7)2-8(16-9)6(14)4-12/h5-14H,1-4H2/t5-,6+,7+,8-,9-,10-/m0/s1. The second kappa shape index (κ2) is 4.95. The molecule has 0 bridgehead atoms. The first-order valence-corrected chi connectivity index (χ1v) is 5.54. The molecule has 2 aliphatic rings. The van der Waals surface area contributed by atoms with Crippen molar-refractivity contribution in [1.29, 1.82) is 0 Å². The Labute approximate surface area is 93.4 Å². The minimum Gasteiger partial charge on any atom is -0.394 e. The Morgan fingerprint density at radius 3 is 1.56 bits per heavy atom. The van der Waals surface area contributed by atoms with Gasteiger partial charge in [-0.25, -0.2) is 0 Å². The molecule has 6 heteroatoms. The Morgan fingerprint density at radius 1 is 0.875 bits per heavy atom. The summed E-state index contributed by atoms with van der Waals surface area (Å²) in [5.41, 5.74) is 0. The maximum absolute atomic E-state index is 9.41. The van der Waals surface area contributed by atoms with Crippen molar-refractivity contribution in [3.05, 3.63) is 0 Å². The maximum Gasteiger partial charge on any atom is 0.103 e. The van der Waals surface area contributed by atoms with Crippen molar-refractivity contribution in [3.63, 3.8) is 0 Å². The SMILES string of the molecule is OC[C@@H](O)[C@@H]1C[C@@H]2O[C@@H]([C@@H](O)CO)C[C@@H]2O1. The van der Waals surface area contributed by atoms with Gasteiger partial charge in [-0.15, -0.1) is 0 Å². The molecule has 0 radical (unpaired) electrons. The number of ether oxygens (including phenoxy) is 2. The van der Waals surface area contributed by atoms with Crippen LogP contribution in [0.15, 0.2) is 0 Å². The second-order valence-electron chi connectivity index (χ2n) is 4.40. The van der Waals surface area contributed by atoms with Gasteiger partial charge in [0, 0.05) is 12.8 Å². The Bertz CT molecular complexity index is 199. The Hall–Kier alpha value is -0.240. The third kappa shape index (κ3) is 2.22. The van der Waals surface area contributed by atoms with Crippen LogP contribution in [0.3, 0.4) is 0 Å². The Balaban J connectivity index is 1.86. The smallest absolute Gasteiger partial charge is 0.103 e. The molecule has 6 atom stereocenters. The fraction of sp³-hybridized carbons (Fsp3) is 1.00. The normalized spacial score (nSPS) is 42.0. The lowest BCUT2D eigenvalue weighted by molar-refractivity contribution is -0.0664. The summed E-state index contributed by atoms with van der Waals surface area (Å²) in [5, 5.41) is 36.4. The third-order valence-corrected chi connectivity index (χ3v) is 3.28. The molecule has 94 valence electrons. The van der Waals surface area contributed by atoms with Gasteiger partial charge in [0.2, 0.25) is 0 Å². The molecule has 4 N–H and O–H groups in total. The second-order valence-corrected chi connectivity index (χ2v) is 4.40. The number of aliphatic hydroxyl groups excluding tert-OH is 4. The van der Waals surface area contributed by atoms with Crippen molar-refractivity contribution in [2.45, 2.75) is 49.5 Å². The van der Waals surface area contributed by atoms with Crippen LogP contribution in [0.25, 0.3) is 0 Å². The number of rotatable bonds is 4. The van der Waals surface area contributed by atoms with Crippen LogP contribution in [0.1, 0.15) is 12.8 Å². The van der Waals surface area contributed by atoms with E-state index in [-0.39, 0.29) is 25.4 Å². The van der Waals surface area contributed by atoms with Gasteiger partial charge in [0.1, 0.15) is 12.2 Å². The summed E-state index contributed by atoms with van der Waals surface area (Å²) in [5.74, 6) is 0. The topological polar surface area (TPSA) is 99.4 Å². The van der Waals surface area contributed by atoms with E-state index in [0.29, 0.717) is 12.8 Å². The predicted molar refractivity (Wildman–Crippen MR) is 52.7 cm³/mol. The summed E-state index contributed by atoms with van der Waals surface area (Å²) in [6.07, 6.45) is -1.83. The summed E-state index contributed by atoms with van der Waals surface area (Å²) < 4.78 is 11.1. The van der Waals surface area contributed by atoms with Gasteiger partial charge in [-0.1, -0.05) is 0 Å². The molecule has 0 saturated carbocycles. The van der Waals surface area contributed by atoms with Crippen LogP contribution in [0.4, 0.5) is 0 Å². The van der Waals surface area contributed by atoms with E-state index in [2.05, 4.69) is 0 Å². The highest BCUT2D eigenvalue weighted by Gasteiger charge is 2.47. The summed E-state index contributed by atoms with van der Waals surface area (Å²) in [6, 6.07) is 0. The van der Waals surface area contributed by atoms with Crippen molar-refractivity contribution < 1.29 is 29.9 Å². The van der Waals surface area contributed by atoms with Crippen molar-refractivity contribution in [2.75, 3.05) is 13.2 Å². The van der Waals surface area contributed by atoms with E-state index in [1.54, 1.807) is 0 Å². The molecule has 0 aliphatic carbocycles. The molecule has 2 rings (SSSR count). The maximum atomic E-state index is 9.41. The van der Waals surface area contributed by atoms with Crippen molar-refractivity contribution in [1.82, 2.24) is 0 Å². The summed E-state index contributed by atoms with van der Waals surface area (Å²) >= 11 is 0. The zero-order valence-corrected chi connectivity index (χ0v) is 8.90. The molecule has 2 fully saturated rings. The lowest BCUT2D eigenvalue weighted by Crippen LogP contribution is -2.33. The molecule has 0 spiro atoms. The van der Waals surface area contributed by atoms with Crippen LogP contribution in [0.2, 0.25) is 0 Å². The van der Waals surface area contributed by atoms with E-state index >= 15 is 0 Å². The van der Waals surface area contributed by atoms with Crippen LogP contribution in [0, 0.1) is 0 Å². The zero-order valence-electron chi connectivity index (χ0n) is 8.90. The molecule has 0 amide bonds. The van der Waals surface area contributed by atoms with E-state index in [1.165, 1.54) is 0 Å². The van der Waals surface area contributed by atoms with Gasteiger partial charge in [0.15, 0.2) is 0 Å². The third-order valence-electron chi connectivity index (χ3n) is 3.28. The summed E-state index contributed by atoms with van der Waals surface area (Å²) in [4.78, 5) is 0. The van der Waals surface area contributed by atoms with Crippen LogP contribution in [0.5, 0.6) is 0 Å². The van der Waals surface area contributed by atoms with Gasteiger partial charge in [-0.05, 0) is 0 Å². The molecule has 0 unspecified atom stereocenters. The van der Waals surface area contributed by atoms with E-state index in [4.69, 9.17) is 19.7 Å². The fourth-order valence-electron chi connectivity index (χ4n) is 2.34. The monoisotopic (exact) mass is 234 g/mol. The molecule has 2 saturated heterocycles. The van der Waals surface area contributed by atoms with Crippen molar-refractivity contribution in [3.8, 4) is 0 Å². The van der Waals surface area contributed by atoms with Gasteiger partial charge in [-0.2, -0.15) is 0 Å². The number of hydrogen-bond acceptors (Lipinski definition) is 6. The van der Waals surface area contributed by atoms with Crippen LogP contribution < -0.4 is 0 Å². The minimum atomic E-state index is -0.879.